The molecule has 31 heavy (non-hydrogen) atoms. The van der Waals surface area contributed by atoms with Crippen molar-refractivity contribution in [3.05, 3.63) is 82.0 Å². The van der Waals surface area contributed by atoms with Crippen molar-refractivity contribution >= 4 is 11.3 Å². The van der Waals surface area contributed by atoms with E-state index in [2.05, 4.69) is 0 Å². The van der Waals surface area contributed by atoms with Gasteiger partial charge in [0.15, 0.2) is 0 Å². The molecule has 0 amide bonds. The molecular formula is C24H25FO5S. The summed E-state index contributed by atoms with van der Waals surface area (Å²) in [5, 5.41) is 40.0. The maximum Gasteiger partial charge on any atom is 0.123 e. The Balaban J connectivity index is 1.57. The topological polar surface area (TPSA) is 90.2 Å². The van der Waals surface area contributed by atoms with Crippen LogP contribution in [0.4, 0.5) is 4.39 Å². The van der Waals surface area contributed by atoms with Crippen LogP contribution in [-0.2, 0) is 11.2 Å². The van der Waals surface area contributed by atoms with Gasteiger partial charge in [0.25, 0.3) is 0 Å². The summed E-state index contributed by atoms with van der Waals surface area (Å²) in [4.78, 5) is 2.19. The highest BCUT2D eigenvalue weighted by Crippen LogP contribution is 2.35. The number of hydrogen-bond donors (Lipinski definition) is 4. The number of benzene rings is 2. The Labute approximate surface area is 184 Å². The molecule has 0 saturated carbocycles. The van der Waals surface area contributed by atoms with E-state index >= 15 is 0 Å². The van der Waals surface area contributed by atoms with E-state index in [1.54, 1.807) is 23.5 Å². The van der Waals surface area contributed by atoms with Crippen LogP contribution in [0.1, 0.15) is 27.7 Å². The number of thiophene rings is 1. The second-order valence-electron chi connectivity index (χ2n) is 7.89. The summed E-state index contributed by atoms with van der Waals surface area (Å²) in [6.07, 6.45) is -5.21. The lowest BCUT2D eigenvalue weighted by Gasteiger charge is -2.40. The van der Waals surface area contributed by atoms with Crippen molar-refractivity contribution < 1.29 is 29.6 Å². The second kappa shape index (κ2) is 9.16. The molecule has 0 bridgehead atoms. The molecule has 1 aliphatic rings. The number of aliphatic hydroxyl groups is 4. The van der Waals surface area contributed by atoms with Gasteiger partial charge in [-0.05, 0) is 53.4 Å². The monoisotopic (exact) mass is 444 g/mol. The summed E-state index contributed by atoms with van der Waals surface area (Å²) in [6, 6.07) is 16.2. The Morgan fingerprint density at radius 1 is 0.935 bits per heavy atom. The van der Waals surface area contributed by atoms with E-state index in [0.29, 0.717) is 12.0 Å². The predicted octanol–water partition coefficient (Wildman–Crippen LogP) is 2.97. The van der Waals surface area contributed by atoms with Crippen LogP contribution in [0, 0.1) is 12.7 Å². The molecule has 0 aliphatic carbocycles. The Morgan fingerprint density at radius 2 is 1.68 bits per heavy atom. The highest BCUT2D eigenvalue weighted by Gasteiger charge is 2.43. The molecule has 0 radical (unpaired) electrons. The Bertz CT molecular complexity index is 1030. The quantitative estimate of drug-likeness (QED) is 0.486. The summed E-state index contributed by atoms with van der Waals surface area (Å²) >= 11 is 1.63. The average Bonchev–Trinajstić information content (AvgIpc) is 3.23. The molecule has 2 aromatic carbocycles. The molecule has 7 heteroatoms. The fraction of sp³-hybridized carbons (Fsp3) is 0.333. The van der Waals surface area contributed by atoms with Gasteiger partial charge in [-0.25, -0.2) is 4.39 Å². The third kappa shape index (κ3) is 4.57. The van der Waals surface area contributed by atoms with Crippen LogP contribution in [0.25, 0.3) is 10.4 Å². The van der Waals surface area contributed by atoms with Gasteiger partial charge in [-0.3, -0.25) is 0 Å². The van der Waals surface area contributed by atoms with Gasteiger partial charge in [-0.2, -0.15) is 0 Å². The van der Waals surface area contributed by atoms with Crippen LogP contribution in [-0.4, -0.2) is 51.4 Å². The summed E-state index contributed by atoms with van der Waals surface area (Å²) < 4.78 is 18.9. The molecule has 0 spiro atoms. The first kappa shape index (κ1) is 22.1. The van der Waals surface area contributed by atoms with Crippen LogP contribution in [0.5, 0.6) is 0 Å². The maximum absolute atomic E-state index is 13.2. The molecule has 4 N–H and O–H groups in total. The molecular weight excluding hydrogens is 419 g/mol. The van der Waals surface area contributed by atoms with Crippen molar-refractivity contribution in [2.75, 3.05) is 6.61 Å². The van der Waals surface area contributed by atoms with Crippen LogP contribution in [0.15, 0.2) is 54.6 Å². The normalized spacial score (nSPS) is 26.2. The van der Waals surface area contributed by atoms with Gasteiger partial charge in [-0.15, -0.1) is 11.3 Å². The van der Waals surface area contributed by atoms with Crippen molar-refractivity contribution in [1.29, 1.82) is 0 Å². The highest BCUT2D eigenvalue weighted by atomic mass is 32.1. The zero-order valence-corrected chi connectivity index (χ0v) is 17.8. The second-order valence-corrected chi connectivity index (χ2v) is 9.05. The Kier molecular flexibility index (Phi) is 6.52. The van der Waals surface area contributed by atoms with Gasteiger partial charge in [0.05, 0.1) is 6.61 Å². The summed E-state index contributed by atoms with van der Waals surface area (Å²) in [5.41, 5.74) is 3.75. The molecule has 5 atom stereocenters. The number of rotatable bonds is 5. The minimum atomic E-state index is -1.41. The number of aryl methyl sites for hydroxylation is 1. The number of hydrogen-bond acceptors (Lipinski definition) is 6. The zero-order valence-electron chi connectivity index (χ0n) is 17.0. The van der Waals surface area contributed by atoms with Gasteiger partial charge in [-0.1, -0.05) is 30.3 Å². The lowest BCUT2D eigenvalue weighted by Crippen LogP contribution is -2.55. The van der Waals surface area contributed by atoms with Gasteiger partial charge in [0.1, 0.15) is 36.3 Å². The van der Waals surface area contributed by atoms with E-state index in [0.717, 1.165) is 26.4 Å². The van der Waals surface area contributed by atoms with Gasteiger partial charge in [0, 0.05) is 16.2 Å². The smallest absolute Gasteiger partial charge is 0.123 e. The first-order chi connectivity index (χ1) is 14.9. The summed E-state index contributed by atoms with van der Waals surface area (Å²) in [5.74, 6) is -0.263. The van der Waals surface area contributed by atoms with Crippen LogP contribution in [0.2, 0.25) is 0 Å². The van der Waals surface area contributed by atoms with Crippen molar-refractivity contribution in [2.45, 2.75) is 43.9 Å². The molecule has 1 aromatic heterocycles. The average molecular weight is 445 g/mol. The molecule has 0 unspecified atom stereocenters. The minimum absolute atomic E-state index is 0.263. The van der Waals surface area contributed by atoms with Gasteiger partial charge in [0.2, 0.25) is 0 Å². The van der Waals surface area contributed by atoms with Crippen LogP contribution in [0.3, 0.4) is 0 Å². The van der Waals surface area contributed by atoms with E-state index in [1.807, 2.05) is 37.3 Å². The standard InChI is InChI=1S/C24H25FO5S/c1-13-2-3-15(24-23(29)22(28)21(27)19(12-26)30-24)10-16(13)11-18-8-9-20(31-18)14-4-6-17(25)7-5-14/h2-10,19,21-24,26-29H,11-12H2,1H3/t19-,21-,22+,23-,24+/m0/s1. The molecule has 2 heterocycles. The molecule has 1 saturated heterocycles. The SMILES string of the molecule is Cc1ccc([C@H]2O[C@@H](CO)[C@H](O)[C@@H](O)[C@@H]2O)cc1Cc1ccc(-c2ccc(F)cc2)s1. The van der Waals surface area contributed by atoms with Crippen molar-refractivity contribution in [2.24, 2.45) is 0 Å². The van der Waals surface area contributed by atoms with Gasteiger partial charge < -0.3 is 25.2 Å². The lowest BCUT2D eigenvalue weighted by molar-refractivity contribution is -0.231. The third-order valence-corrected chi connectivity index (χ3v) is 6.88. The molecule has 3 aromatic rings. The van der Waals surface area contributed by atoms with Crippen molar-refractivity contribution in [3.8, 4) is 10.4 Å². The fourth-order valence-electron chi connectivity index (χ4n) is 3.87. The molecule has 5 nitrogen and oxygen atoms in total. The molecule has 1 fully saturated rings. The molecule has 164 valence electrons. The van der Waals surface area contributed by atoms with E-state index in [1.165, 1.54) is 12.1 Å². The fourth-order valence-corrected chi connectivity index (χ4v) is 4.90. The number of aliphatic hydroxyl groups excluding tert-OH is 4. The summed E-state index contributed by atoms with van der Waals surface area (Å²) in [7, 11) is 0. The third-order valence-electron chi connectivity index (χ3n) is 5.75. The minimum Gasteiger partial charge on any atom is -0.394 e. The first-order valence-corrected chi connectivity index (χ1v) is 10.9. The van der Waals surface area contributed by atoms with Crippen LogP contribution < -0.4 is 0 Å². The van der Waals surface area contributed by atoms with E-state index in [-0.39, 0.29) is 5.82 Å². The van der Waals surface area contributed by atoms with Crippen LogP contribution >= 0.6 is 11.3 Å². The zero-order chi connectivity index (χ0) is 22.1. The Morgan fingerprint density at radius 3 is 2.39 bits per heavy atom. The largest absolute Gasteiger partial charge is 0.394 e. The maximum atomic E-state index is 13.2. The molecule has 1 aliphatic heterocycles. The first-order valence-electron chi connectivity index (χ1n) is 10.1. The highest BCUT2D eigenvalue weighted by molar-refractivity contribution is 7.15. The van der Waals surface area contributed by atoms with E-state index in [9.17, 15) is 24.8 Å². The van der Waals surface area contributed by atoms with E-state index < -0.39 is 37.1 Å². The van der Waals surface area contributed by atoms with E-state index in [4.69, 9.17) is 4.74 Å². The molecule has 4 rings (SSSR count). The summed E-state index contributed by atoms with van der Waals surface area (Å²) in [6.45, 7) is 1.54. The predicted molar refractivity (Wildman–Crippen MR) is 116 cm³/mol. The Hall–Kier alpha value is -2.13. The van der Waals surface area contributed by atoms with Crippen molar-refractivity contribution in [3.63, 3.8) is 0 Å². The number of ether oxygens (including phenoxy) is 1. The number of halogens is 1. The van der Waals surface area contributed by atoms with Gasteiger partial charge >= 0.3 is 0 Å². The van der Waals surface area contributed by atoms with Crippen molar-refractivity contribution in [1.82, 2.24) is 0 Å². The lowest BCUT2D eigenvalue weighted by atomic mass is 9.89.